The summed E-state index contributed by atoms with van der Waals surface area (Å²) in [6.07, 6.45) is -3.02. The Kier molecular flexibility index (Phi) is 3.67. The van der Waals surface area contributed by atoms with Crippen LogP contribution >= 0.6 is 23.3 Å². The molecule has 0 spiro atoms. The van der Waals surface area contributed by atoms with Crippen LogP contribution in [0.2, 0.25) is 0 Å². The Morgan fingerprint density at radius 3 is 2.67 bits per heavy atom. The monoisotopic (exact) mass is 290 g/mol. The van der Waals surface area contributed by atoms with Gasteiger partial charge < -0.3 is 0 Å². The lowest BCUT2D eigenvalue weighted by Crippen LogP contribution is -2.08. The first-order valence-electron chi connectivity index (χ1n) is 4.61. The lowest BCUT2D eigenvalue weighted by molar-refractivity contribution is -0.138. The molecule has 1 aromatic heterocycles. The van der Waals surface area contributed by atoms with E-state index in [9.17, 15) is 18.0 Å². The Labute approximate surface area is 108 Å². The highest BCUT2D eigenvalue weighted by atomic mass is 32.2. The summed E-state index contributed by atoms with van der Waals surface area (Å²) >= 11 is 2.16. The fourth-order valence-corrected chi connectivity index (χ4v) is 2.72. The van der Waals surface area contributed by atoms with Crippen molar-refractivity contribution in [3.8, 4) is 0 Å². The fraction of sp³-hybridized carbons (Fsp3) is 0.100. The summed E-state index contributed by atoms with van der Waals surface area (Å²) < 4.78 is 42.4. The van der Waals surface area contributed by atoms with Gasteiger partial charge in [0.05, 0.1) is 5.56 Å². The first kappa shape index (κ1) is 13.0. The van der Waals surface area contributed by atoms with Gasteiger partial charge in [-0.05, 0) is 29.7 Å². The summed E-state index contributed by atoms with van der Waals surface area (Å²) in [5, 5.41) is 0. The highest BCUT2D eigenvalue weighted by Crippen LogP contribution is 2.36. The Balaban J connectivity index is 2.37. The van der Waals surface area contributed by atoms with Gasteiger partial charge in [-0.2, -0.15) is 17.5 Å². The molecule has 94 valence electrons. The minimum Gasteiger partial charge on any atom is -0.298 e. The molecule has 0 aliphatic rings. The maximum Gasteiger partial charge on any atom is 0.417 e. The molecule has 0 saturated carbocycles. The summed E-state index contributed by atoms with van der Waals surface area (Å²) in [5.74, 6) is 0. The topological polar surface area (TPSA) is 42.9 Å². The van der Waals surface area contributed by atoms with E-state index in [2.05, 4.69) is 9.36 Å². The molecular formula is C10H5F3N2OS2. The number of rotatable bonds is 3. The molecule has 0 N–H and O–H groups in total. The van der Waals surface area contributed by atoms with E-state index in [0.717, 1.165) is 35.4 Å². The van der Waals surface area contributed by atoms with E-state index in [1.807, 2.05) is 0 Å². The molecule has 8 heteroatoms. The standard InChI is InChI=1S/C10H5F3N2OS2/c11-10(12,13)8-3-7(2-1-6(8)4-16)17-9-14-5-15-18-9/h1-5H. The van der Waals surface area contributed by atoms with E-state index in [-0.39, 0.29) is 11.8 Å². The smallest absolute Gasteiger partial charge is 0.298 e. The summed E-state index contributed by atoms with van der Waals surface area (Å²) in [6, 6.07) is 3.54. The van der Waals surface area contributed by atoms with Crippen molar-refractivity contribution in [3.05, 3.63) is 35.7 Å². The van der Waals surface area contributed by atoms with Gasteiger partial charge in [-0.3, -0.25) is 4.79 Å². The van der Waals surface area contributed by atoms with Crippen LogP contribution in [0.15, 0.2) is 33.8 Å². The van der Waals surface area contributed by atoms with Gasteiger partial charge in [0.1, 0.15) is 6.33 Å². The maximum absolute atomic E-state index is 12.7. The van der Waals surface area contributed by atoms with E-state index in [4.69, 9.17) is 0 Å². The number of aldehydes is 1. The van der Waals surface area contributed by atoms with Crippen molar-refractivity contribution in [1.29, 1.82) is 0 Å². The Hall–Kier alpha value is -1.41. The summed E-state index contributed by atoms with van der Waals surface area (Å²) in [6.45, 7) is 0. The number of carbonyl (C=O) groups is 1. The van der Waals surface area contributed by atoms with Crippen LogP contribution < -0.4 is 0 Å². The lowest BCUT2D eigenvalue weighted by Gasteiger charge is -2.10. The number of carbonyl (C=O) groups excluding carboxylic acids is 1. The average Bonchev–Trinajstić information content (AvgIpc) is 2.80. The molecule has 3 nitrogen and oxygen atoms in total. The van der Waals surface area contributed by atoms with Crippen molar-refractivity contribution in [1.82, 2.24) is 9.36 Å². The Bertz CT molecular complexity index is 555. The van der Waals surface area contributed by atoms with Crippen LogP contribution in [0.4, 0.5) is 13.2 Å². The summed E-state index contributed by atoms with van der Waals surface area (Å²) in [4.78, 5) is 14.8. The molecule has 0 aliphatic heterocycles. The van der Waals surface area contributed by atoms with E-state index >= 15 is 0 Å². The van der Waals surface area contributed by atoms with E-state index in [0.29, 0.717) is 9.24 Å². The van der Waals surface area contributed by atoms with Crippen LogP contribution in [-0.4, -0.2) is 15.6 Å². The van der Waals surface area contributed by atoms with Gasteiger partial charge in [0.2, 0.25) is 0 Å². The summed E-state index contributed by atoms with van der Waals surface area (Å²) in [5.41, 5.74) is -1.31. The molecule has 2 rings (SSSR count). The Morgan fingerprint density at radius 2 is 2.11 bits per heavy atom. The molecule has 0 saturated heterocycles. The van der Waals surface area contributed by atoms with Gasteiger partial charge in [-0.25, -0.2) is 4.98 Å². The molecule has 0 atom stereocenters. The molecular weight excluding hydrogens is 285 g/mol. The number of aromatic nitrogens is 2. The van der Waals surface area contributed by atoms with E-state index in [1.54, 1.807) is 0 Å². The van der Waals surface area contributed by atoms with Crippen LogP contribution in [0.5, 0.6) is 0 Å². The highest BCUT2D eigenvalue weighted by molar-refractivity contribution is 8.01. The predicted octanol–water partition coefficient (Wildman–Crippen LogP) is 3.52. The Morgan fingerprint density at radius 1 is 1.33 bits per heavy atom. The highest BCUT2D eigenvalue weighted by Gasteiger charge is 2.33. The molecule has 1 aromatic carbocycles. The van der Waals surface area contributed by atoms with Crippen molar-refractivity contribution in [2.45, 2.75) is 15.4 Å². The van der Waals surface area contributed by atoms with Gasteiger partial charge in [-0.15, -0.1) is 0 Å². The van der Waals surface area contributed by atoms with Crippen LogP contribution in [0.3, 0.4) is 0 Å². The van der Waals surface area contributed by atoms with Crippen molar-refractivity contribution in [2.75, 3.05) is 0 Å². The van der Waals surface area contributed by atoms with Crippen molar-refractivity contribution >= 4 is 29.6 Å². The van der Waals surface area contributed by atoms with E-state index < -0.39 is 11.7 Å². The largest absolute Gasteiger partial charge is 0.417 e. The molecule has 2 aromatic rings. The number of benzene rings is 1. The second-order valence-corrected chi connectivity index (χ2v) is 5.27. The van der Waals surface area contributed by atoms with Gasteiger partial charge in [0.15, 0.2) is 10.6 Å². The first-order chi connectivity index (χ1) is 8.50. The SMILES string of the molecule is O=Cc1ccc(Sc2ncns2)cc1C(F)(F)F. The molecule has 1 heterocycles. The third kappa shape index (κ3) is 2.88. The normalized spacial score (nSPS) is 11.5. The summed E-state index contributed by atoms with van der Waals surface area (Å²) in [7, 11) is 0. The van der Waals surface area contributed by atoms with Gasteiger partial charge >= 0.3 is 6.18 Å². The number of halogens is 3. The van der Waals surface area contributed by atoms with Crippen LogP contribution in [0.1, 0.15) is 15.9 Å². The zero-order valence-electron chi connectivity index (χ0n) is 8.64. The zero-order chi connectivity index (χ0) is 13.2. The lowest BCUT2D eigenvalue weighted by atomic mass is 10.1. The van der Waals surface area contributed by atoms with Gasteiger partial charge in [0.25, 0.3) is 0 Å². The minimum atomic E-state index is -4.55. The number of alkyl halides is 3. The van der Waals surface area contributed by atoms with Crippen molar-refractivity contribution in [3.63, 3.8) is 0 Å². The second-order valence-electron chi connectivity index (χ2n) is 3.17. The fourth-order valence-electron chi connectivity index (χ4n) is 1.26. The van der Waals surface area contributed by atoms with Crippen molar-refractivity contribution < 1.29 is 18.0 Å². The van der Waals surface area contributed by atoms with Crippen LogP contribution in [0, 0.1) is 0 Å². The molecule has 0 aliphatic carbocycles. The molecule has 0 bridgehead atoms. The number of hydrogen-bond acceptors (Lipinski definition) is 5. The molecule has 0 unspecified atom stereocenters. The van der Waals surface area contributed by atoms with Crippen molar-refractivity contribution in [2.24, 2.45) is 0 Å². The minimum absolute atomic E-state index is 0.197. The number of nitrogens with zero attached hydrogens (tertiary/aromatic N) is 2. The quantitative estimate of drug-likeness (QED) is 0.811. The second kappa shape index (κ2) is 5.07. The third-order valence-electron chi connectivity index (χ3n) is 2.00. The molecule has 18 heavy (non-hydrogen) atoms. The average molecular weight is 290 g/mol. The first-order valence-corrected chi connectivity index (χ1v) is 6.20. The van der Waals surface area contributed by atoms with Gasteiger partial charge in [-0.1, -0.05) is 11.8 Å². The number of hydrogen-bond donors (Lipinski definition) is 0. The molecule has 0 amide bonds. The van der Waals surface area contributed by atoms with E-state index in [1.165, 1.54) is 12.4 Å². The van der Waals surface area contributed by atoms with Gasteiger partial charge in [0, 0.05) is 10.5 Å². The zero-order valence-corrected chi connectivity index (χ0v) is 10.3. The maximum atomic E-state index is 12.7. The van der Waals surface area contributed by atoms with Crippen LogP contribution in [0.25, 0.3) is 0 Å². The predicted molar refractivity (Wildman–Crippen MR) is 60.9 cm³/mol. The molecule has 0 fully saturated rings. The van der Waals surface area contributed by atoms with Crippen LogP contribution in [-0.2, 0) is 6.18 Å². The third-order valence-corrected chi connectivity index (χ3v) is 3.71. The molecule has 0 radical (unpaired) electrons.